The third-order valence-electron chi connectivity index (χ3n) is 5.35. The molecule has 4 rings (SSSR count). The summed E-state index contributed by atoms with van der Waals surface area (Å²) in [5.41, 5.74) is 1.96. The van der Waals surface area contributed by atoms with E-state index in [-0.39, 0.29) is 16.8 Å². The van der Waals surface area contributed by atoms with E-state index in [4.69, 9.17) is 11.6 Å². The highest BCUT2D eigenvalue weighted by atomic mass is 35.5. The van der Waals surface area contributed by atoms with E-state index in [2.05, 4.69) is 5.38 Å². The third kappa shape index (κ3) is 3.97. The molecule has 1 fully saturated rings. The summed E-state index contributed by atoms with van der Waals surface area (Å²) in [5, 5.41) is 4.53. The zero-order valence-electron chi connectivity index (χ0n) is 16.4. The Morgan fingerprint density at radius 2 is 1.97 bits per heavy atom. The second kappa shape index (κ2) is 8.41. The lowest BCUT2D eigenvalue weighted by Crippen LogP contribution is -2.31. The molecule has 0 aliphatic carbocycles. The average Bonchev–Trinajstić information content (AvgIpc) is 3.44. The number of rotatable bonds is 5. The molecule has 30 heavy (non-hydrogen) atoms. The lowest BCUT2D eigenvalue weighted by Gasteiger charge is -2.25. The monoisotopic (exact) mass is 460 g/mol. The molecule has 0 N–H and O–H groups in total. The highest BCUT2D eigenvalue weighted by Crippen LogP contribution is 2.34. The maximum Gasteiger partial charge on any atom is 0.264 e. The van der Waals surface area contributed by atoms with Gasteiger partial charge in [-0.3, -0.25) is 9.10 Å². The number of hydrogen-bond donors (Lipinski definition) is 0. The fourth-order valence-electron chi connectivity index (χ4n) is 3.75. The van der Waals surface area contributed by atoms with E-state index < -0.39 is 10.0 Å². The Kier molecular flexibility index (Phi) is 5.86. The second-order valence-electron chi connectivity index (χ2n) is 7.19. The first kappa shape index (κ1) is 20.9. The Balaban J connectivity index is 1.63. The topological polar surface area (TPSA) is 57.7 Å². The van der Waals surface area contributed by atoms with Gasteiger partial charge in [0.05, 0.1) is 16.6 Å². The molecule has 3 aromatic rings. The van der Waals surface area contributed by atoms with E-state index in [0.717, 1.165) is 18.4 Å². The summed E-state index contributed by atoms with van der Waals surface area (Å²) >= 11 is 7.62. The van der Waals surface area contributed by atoms with Crippen molar-refractivity contribution in [3.63, 3.8) is 0 Å². The van der Waals surface area contributed by atoms with Gasteiger partial charge in [-0.15, -0.1) is 0 Å². The van der Waals surface area contributed by atoms with Crippen LogP contribution in [-0.2, 0) is 10.0 Å². The molecule has 1 unspecified atom stereocenters. The van der Waals surface area contributed by atoms with E-state index in [1.807, 2.05) is 16.3 Å². The van der Waals surface area contributed by atoms with Crippen molar-refractivity contribution in [2.24, 2.45) is 0 Å². The number of amides is 1. The van der Waals surface area contributed by atoms with Crippen molar-refractivity contribution in [2.45, 2.75) is 23.8 Å². The lowest BCUT2D eigenvalue weighted by atomic mass is 10.1. The summed E-state index contributed by atoms with van der Waals surface area (Å²) in [6.07, 6.45) is 1.85. The number of benzene rings is 2. The molecule has 2 aromatic carbocycles. The minimum absolute atomic E-state index is 0.0400. The van der Waals surface area contributed by atoms with Crippen molar-refractivity contribution in [3.05, 3.63) is 81.5 Å². The maximum absolute atomic E-state index is 13.2. The normalized spacial score (nSPS) is 16.6. The first-order valence-corrected chi connectivity index (χ1v) is 12.3. The summed E-state index contributed by atoms with van der Waals surface area (Å²) in [5.74, 6) is -0.147. The van der Waals surface area contributed by atoms with Gasteiger partial charge < -0.3 is 4.90 Å². The summed E-state index contributed by atoms with van der Waals surface area (Å²) in [4.78, 5) is 15.1. The molecule has 2 heterocycles. The van der Waals surface area contributed by atoms with Gasteiger partial charge in [-0.2, -0.15) is 11.3 Å². The number of sulfonamides is 1. The molecule has 5 nitrogen and oxygen atoms in total. The molecule has 1 aliphatic rings. The number of thiophene rings is 1. The standard InChI is InChI=1S/C22H21ClN2O3S2/c1-24(19-7-3-6-18(23)14-19)30(27,28)20-8-2-5-16(13-20)22(26)25-11-4-9-21(25)17-10-12-29-15-17/h2-3,5-8,10,12-15,21H,4,9,11H2,1H3. The van der Waals surface area contributed by atoms with Gasteiger partial charge in [-0.1, -0.05) is 23.7 Å². The molecule has 1 aromatic heterocycles. The van der Waals surface area contributed by atoms with Gasteiger partial charge in [0.1, 0.15) is 0 Å². The number of carbonyl (C=O) groups is 1. The zero-order valence-corrected chi connectivity index (χ0v) is 18.8. The van der Waals surface area contributed by atoms with Crippen LogP contribution in [-0.4, -0.2) is 32.8 Å². The highest BCUT2D eigenvalue weighted by molar-refractivity contribution is 7.92. The van der Waals surface area contributed by atoms with Crippen LogP contribution in [0.3, 0.4) is 0 Å². The molecule has 1 amide bonds. The molecule has 0 saturated carbocycles. The van der Waals surface area contributed by atoms with Gasteiger partial charge in [0.15, 0.2) is 0 Å². The molecule has 1 aliphatic heterocycles. The van der Waals surface area contributed by atoms with E-state index in [1.54, 1.807) is 47.7 Å². The molecule has 156 valence electrons. The number of anilines is 1. The average molecular weight is 461 g/mol. The van der Waals surface area contributed by atoms with Crippen LogP contribution >= 0.6 is 22.9 Å². The predicted octanol–water partition coefficient (Wildman–Crippen LogP) is 5.20. The Labute approximate surface area is 185 Å². The van der Waals surface area contributed by atoms with Gasteiger partial charge >= 0.3 is 0 Å². The summed E-state index contributed by atoms with van der Waals surface area (Å²) in [6.45, 7) is 0.665. The molecular formula is C22H21ClN2O3S2. The van der Waals surface area contributed by atoms with Gasteiger partial charge in [-0.05, 0) is 71.6 Å². The van der Waals surface area contributed by atoms with Crippen LogP contribution in [0.1, 0.15) is 34.8 Å². The van der Waals surface area contributed by atoms with E-state index in [9.17, 15) is 13.2 Å². The van der Waals surface area contributed by atoms with Crippen molar-refractivity contribution in [2.75, 3.05) is 17.9 Å². The van der Waals surface area contributed by atoms with E-state index in [1.165, 1.54) is 23.5 Å². The molecule has 0 radical (unpaired) electrons. The van der Waals surface area contributed by atoms with Crippen LogP contribution in [0.2, 0.25) is 5.02 Å². The molecule has 1 atom stereocenters. The molecule has 0 bridgehead atoms. The smallest absolute Gasteiger partial charge is 0.264 e. The van der Waals surface area contributed by atoms with Gasteiger partial charge in [0.2, 0.25) is 0 Å². The molecule has 8 heteroatoms. The Morgan fingerprint density at radius 1 is 1.17 bits per heavy atom. The Morgan fingerprint density at radius 3 is 2.70 bits per heavy atom. The number of likely N-dealkylation sites (tertiary alicyclic amines) is 1. The number of halogens is 1. The highest BCUT2D eigenvalue weighted by Gasteiger charge is 2.31. The Hall–Kier alpha value is -2.35. The van der Waals surface area contributed by atoms with E-state index >= 15 is 0 Å². The minimum Gasteiger partial charge on any atom is -0.332 e. The minimum atomic E-state index is -3.84. The van der Waals surface area contributed by atoms with Crippen molar-refractivity contribution in [1.82, 2.24) is 4.90 Å². The molecule has 1 saturated heterocycles. The zero-order chi connectivity index (χ0) is 21.3. The number of nitrogens with zero attached hydrogens (tertiary/aromatic N) is 2. The SMILES string of the molecule is CN(c1cccc(Cl)c1)S(=O)(=O)c1cccc(C(=O)N2CCCC2c2ccsc2)c1. The summed E-state index contributed by atoms with van der Waals surface area (Å²) < 4.78 is 27.5. The second-order valence-corrected chi connectivity index (χ2v) is 10.4. The fraction of sp³-hybridized carbons (Fsp3) is 0.227. The van der Waals surface area contributed by atoms with Crippen LogP contribution in [0.4, 0.5) is 5.69 Å². The van der Waals surface area contributed by atoms with Crippen molar-refractivity contribution in [1.29, 1.82) is 0 Å². The van der Waals surface area contributed by atoms with Crippen molar-refractivity contribution < 1.29 is 13.2 Å². The summed E-state index contributed by atoms with van der Waals surface area (Å²) in [7, 11) is -2.36. The van der Waals surface area contributed by atoms with Crippen molar-refractivity contribution in [3.8, 4) is 0 Å². The van der Waals surface area contributed by atoms with Crippen molar-refractivity contribution >= 4 is 44.6 Å². The quantitative estimate of drug-likeness (QED) is 0.525. The maximum atomic E-state index is 13.2. The first-order valence-electron chi connectivity index (χ1n) is 9.55. The van der Waals surface area contributed by atoms with Gasteiger partial charge in [0.25, 0.3) is 15.9 Å². The van der Waals surface area contributed by atoms with E-state index in [0.29, 0.717) is 22.8 Å². The predicted molar refractivity (Wildman–Crippen MR) is 121 cm³/mol. The number of hydrogen-bond acceptors (Lipinski definition) is 4. The van der Waals surface area contributed by atoms with Crippen LogP contribution in [0.25, 0.3) is 0 Å². The third-order valence-corrected chi connectivity index (χ3v) is 8.07. The van der Waals surface area contributed by atoms with Gasteiger partial charge in [-0.25, -0.2) is 8.42 Å². The Bertz CT molecular complexity index is 1160. The van der Waals surface area contributed by atoms with Crippen LogP contribution in [0.5, 0.6) is 0 Å². The fourth-order valence-corrected chi connectivity index (χ4v) is 5.87. The molecule has 0 spiro atoms. The van der Waals surface area contributed by atoms with Crippen LogP contribution in [0.15, 0.2) is 70.3 Å². The number of carbonyl (C=O) groups excluding carboxylic acids is 1. The largest absolute Gasteiger partial charge is 0.332 e. The lowest BCUT2D eigenvalue weighted by molar-refractivity contribution is 0.0735. The summed E-state index contributed by atoms with van der Waals surface area (Å²) in [6, 6.07) is 15.0. The molecular weight excluding hydrogens is 440 g/mol. The van der Waals surface area contributed by atoms with Crippen LogP contribution in [0, 0.1) is 0 Å². The van der Waals surface area contributed by atoms with Crippen LogP contribution < -0.4 is 4.31 Å². The first-order chi connectivity index (χ1) is 14.4. The van der Waals surface area contributed by atoms with Gasteiger partial charge in [0, 0.05) is 24.2 Å².